The van der Waals surface area contributed by atoms with E-state index >= 15 is 0 Å². The van der Waals surface area contributed by atoms with Crippen LogP contribution in [0.25, 0.3) is 0 Å². The first-order valence-electron chi connectivity index (χ1n) is 5.64. The molecule has 0 spiro atoms. The zero-order chi connectivity index (χ0) is 13.0. The molecule has 2 aromatic rings. The summed E-state index contributed by atoms with van der Waals surface area (Å²) in [4.78, 5) is 10.4. The van der Waals surface area contributed by atoms with Gasteiger partial charge in [0.05, 0.1) is 0 Å². The molecule has 1 heterocycles. The summed E-state index contributed by atoms with van der Waals surface area (Å²) in [6, 6.07) is 10.4. The van der Waals surface area contributed by atoms with Crippen molar-refractivity contribution in [2.45, 2.75) is 13.1 Å². The highest BCUT2D eigenvalue weighted by Gasteiger charge is 2.09. The van der Waals surface area contributed by atoms with Crippen molar-refractivity contribution >= 4 is 28.4 Å². The Bertz CT molecular complexity index is 495. The van der Waals surface area contributed by atoms with E-state index in [0.29, 0.717) is 5.82 Å². The first-order valence-corrected chi connectivity index (χ1v) is 6.72. The van der Waals surface area contributed by atoms with Gasteiger partial charge in [-0.3, -0.25) is 4.90 Å². The number of nitrogens with two attached hydrogens (primary N) is 1. The fourth-order valence-corrected chi connectivity index (χ4v) is 2.34. The van der Waals surface area contributed by atoms with Crippen molar-refractivity contribution in [3.8, 4) is 0 Å². The lowest BCUT2D eigenvalue weighted by atomic mass is 10.2. The van der Waals surface area contributed by atoms with Gasteiger partial charge in [-0.25, -0.2) is 9.97 Å². The normalized spacial score (nSPS) is 10.8. The standard InChI is InChI=1S/C13H15IN4/c1-18(7-10-5-3-2-4-6-10)8-11-12(14)16-9-17-13(11)15/h2-6,9H,7-8H2,1H3,(H2,15,16,17). The van der Waals surface area contributed by atoms with E-state index in [1.807, 2.05) is 18.2 Å². The highest BCUT2D eigenvalue weighted by molar-refractivity contribution is 14.1. The smallest absolute Gasteiger partial charge is 0.132 e. The fourth-order valence-electron chi connectivity index (χ4n) is 1.77. The Balaban J connectivity index is 2.06. The molecule has 0 radical (unpaired) electrons. The van der Waals surface area contributed by atoms with Crippen molar-refractivity contribution in [1.82, 2.24) is 14.9 Å². The summed E-state index contributed by atoms with van der Waals surface area (Å²) in [5, 5.41) is 0. The molecule has 4 nitrogen and oxygen atoms in total. The van der Waals surface area contributed by atoms with Gasteiger partial charge in [-0.05, 0) is 35.2 Å². The molecule has 0 saturated heterocycles. The van der Waals surface area contributed by atoms with E-state index in [-0.39, 0.29) is 0 Å². The average molecular weight is 354 g/mol. The van der Waals surface area contributed by atoms with E-state index in [1.54, 1.807) is 0 Å². The van der Waals surface area contributed by atoms with E-state index in [0.717, 1.165) is 22.4 Å². The molecule has 0 atom stereocenters. The van der Waals surface area contributed by atoms with Crippen LogP contribution >= 0.6 is 22.6 Å². The van der Waals surface area contributed by atoms with Gasteiger partial charge < -0.3 is 5.73 Å². The van der Waals surface area contributed by atoms with Gasteiger partial charge in [0, 0.05) is 18.7 Å². The summed E-state index contributed by atoms with van der Waals surface area (Å²) in [5.41, 5.74) is 8.16. The molecule has 0 unspecified atom stereocenters. The summed E-state index contributed by atoms with van der Waals surface area (Å²) < 4.78 is 0.917. The fraction of sp³-hybridized carbons (Fsp3) is 0.231. The zero-order valence-electron chi connectivity index (χ0n) is 10.2. The number of nitrogen functional groups attached to an aromatic ring is 1. The summed E-state index contributed by atoms with van der Waals surface area (Å²) in [7, 11) is 2.06. The van der Waals surface area contributed by atoms with Crippen LogP contribution in [0, 0.1) is 3.70 Å². The number of hydrogen-bond acceptors (Lipinski definition) is 4. The molecule has 0 aliphatic heterocycles. The lowest BCUT2D eigenvalue weighted by Crippen LogP contribution is -2.19. The third kappa shape index (κ3) is 3.39. The Labute approximate surface area is 120 Å². The molecule has 1 aromatic carbocycles. The molecule has 18 heavy (non-hydrogen) atoms. The van der Waals surface area contributed by atoms with Crippen molar-refractivity contribution in [2.75, 3.05) is 12.8 Å². The number of halogens is 1. The second kappa shape index (κ2) is 6.10. The highest BCUT2D eigenvalue weighted by Crippen LogP contribution is 2.17. The van der Waals surface area contributed by atoms with Crippen LogP contribution in [0.3, 0.4) is 0 Å². The Morgan fingerprint density at radius 3 is 2.56 bits per heavy atom. The molecular formula is C13H15IN4. The van der Waals surface area contributed by atoms with Crippen LogP contribution in [0.1, 0.15) is 11.1 Å². The predicted octanol–water partition coefficient (Wildman–Crippen LogP) is 2.30. The Morgan fingerprint density at radius 2 is 1.89 bits per heavy atom. The third-order valence-corrected chi connectivity index (χ3v) is 3.58. The first kappa shape index (κ1) is 13.2. The summed E-state index contributed by atoms with van der Waals surface area (Å²) in [5.74, 6) is 0.564. The molecule has 5 heteroatoms. The molecule has 0 bridgehead atoms. The van der Waals surface area contributed by atoms with Crippen molar-refractivity contribution in [3.63, 3.8) is 0 Å². The Morgan fingerprint density at radius 1 is 1.17 bits per heavy atom. The minimum Gasteiger partial charge on any atom is -0.383 e. The maximum atomic E-state index is 5.88. The van der Waals surface area contributed by atoms with Gasteiger partial charge in [0.1, 0.15) is 15.8 Å². The maximum absolute atomic E-state index is 5.88. The molecule has 0 fully saturated rings. The van der Waals surface area contributed by atoms with E-state index in [1.165, 1.54) is 11.9 Å². The van der Waals surface area contributed by atoms with Gasteiger partial charge in [-0.2, -0.15) is 0 Å². The van der Waals surface area contributed by atoms with Crippen LogP contribution in [0.2, 0.25) is 0 Å². The van der Waals surface area contributed by atoms with E-state index in [4.69, 9.17) is 5.73 Å². The number of nitrogens with zero attached hydrogens (tertiary/aromatic N) is 3. The first-order chi connectivity index (χ1) is 8.66. The van der Waals surface area contributed by atoms with Crippen LogP contribution in [-0.4, -0.2) is 21.9 Å². The van der Waals surface area contributed by atoms with Crippen molar-refractivity contribution < 1.29 is 0 Å². The minimum atomic E-state index is 0.564. The number of benzene rings is 1. The Hall–Kier alpha value is -1.21. The Kier molecular flexibility index (Phi) is 4.48. The van der Waals surface area contributed by atoms with Crippen molar-refractivity contribution in [1.29, 1.82) is 0 Å². The van der Waals surface area contributed by atoms with Crippen molar-refractivity contribution in [2.24, 2.45) is 0 Å². The quantitative estimate of drug-likeness (QED) is 0.676. The second-order valence-electron chi connectivity index (χ2n) is 4.19. The summed E-state index contributed by atoms with van der Waals surface area (Å²) in [6.07, 6.45) is 1.50. The minimum absolute atomic E-state index is 0.564. The van der Waals surface area contributed by atoms with Crippen LogP contribution in [0.15, 0.2) is 36.7 Å². The molecule has 2 N–H and O–H groups in total. The summed E-state index contributed by atoms with van der Waals surface area (Å²) in [6.45, 7) is 1.63. The van der Waals surface area contributed by atoms with Crippen LogP contribution in [0.4, 0.5) is 5.82 Å². The number of aromatic nitrogens is 2. The number of rotatable bonds is 4. The van der Waals surface area contributed by atoms with Crippen molar-refractivity contribution in [3.05, 3.63) is 51.5 Å². The molecule has 94 valence electrons. The van der Waals surface area contributed by atoms with Gasteiger partial charge in [-0.1, -0.05) is 30.3 Å². The second-order valence-corrected chi connectivity index (χ2v) is 5.21. The molecule has 0 aliphatic rings. The molecule has 1 aromatic heterocycles. The van der Waals surface area contributed by atoms with Gasteiger partial charge in [0.15, 0.2) is 0 Å². The van der Waals surface area contributed by atoms with E-state index in [9.17, 15) is 0 Å². The predicted molar refractivity (Wildman–Crippen MR) is 80.8 cm³/mol. The highest BCUT2D eigenvalue weighted by atomic mass is 127. The van der Waals surface area contributed by atoms with Gasteiger partial charge in [0.25, 0.3) is 0 Å². The number of anilines is 1. The molecular weight excluding hydrogens is 339 g/mol. The lowest BCUT2D eigenvalue weighted by molar-refractivity contribution is 0.318. The molecule has 0 saturated carbocycles. The van der Waals surface area contributed by atoms with Crippen LogP contribution in [0.5, 0.6) is 0 Å². The van der Waals surface area contributed by atoms with E-state index in [2.05, 4.69) is 56.6 Å². The van der Waals surface area contributed by atoms with Gasteiger partial charge in [0.2, 0.25) is 0 Å². The van der Waals surface area contributed by atoms with Crippen LogP contribution < -0.4 is 5.73 Å². The zero-order valence-corrected chi connectivity index (χ0v) is 12.3. The van der Waals surface area contributed by atoms with Gasteiger partial charge in [-0.15, -0.1) is 0 Å². The maximum Gasteiger partial charge on any atom is 0.132 e. The lowest BCUT2D eigenvalue weighted by Gasteiger charge is -2.18. The molecule has 0 aliphatic carbocycles. The topological polar surface area (TPSA) is 55.0 Å². The summed E-state index contributed by atoms with van der Waals surface area (Å²) >= 11 is 2.19. The van der Waals surface area contributed by atoms with E-state index < -0.39 is 0 Å². The average Bonchev–Trinajstić information content (AvgIpc) is 2.35. The largest absolute Gasteiger partial charge is 0.383 e. The van der Waals surface area contributed by atoms with Crippen LogP contribution in [-0.2, 0) is 13.1 Å². The SMILES string of the molecule is CN(Cc1ccccc1)Cc1c(N)ncnc1I. The molecule has 2 rings (SSSR count). The number of hydrogen-bond donors (Lipinski definition) is 1. The van der Waals surface area contributed by atoms with Gasteiger partial charge >= 0.3 is 0 Å². The molecule has 0 amide bonds. The monoisotopic (exact) mass is 354 g/mol. The third-order valence-electron chi connectivity index (χ3n) is 2.65.